The molecule has 2 amide bonds. The number of nitrogens with zero attached hydrogens (tertiary/aromatic N) is 1. The highest BCUT2D eigenvalue weighted by Crippen LogP contribution is 2.23. The minimum atomic E-state index is -0.479. The molecule has 3 rings (SSSR count). The fourth-order valence-electron chi connectivity index (χ4n) is 3.53. The lowest BCUT2D eigenvalue weighted by Gasteiger charge is -2.26. The molecule has 0 bridgehead atoms. The third kappa shape index (κ3) is 4.58. The molecule has 1 aromatic rings. The summed E-state index contributed by atoms with van der Waals surface area (Å²) in [5.41, 5.74) is 8.50. The van der Waals surface area contributed by atoms with Crippen LogP contribution in [-0.4, -0.2) is 42.5 Å². The predicted octanol–water partition coefficient (Wildman–Crippen LogP) is 1.18. The van der Waals surface area contributed by atoms with Crippen LogP contribution in [0, 0.1) is 5.92 Å². The van der Waals surface area contributed by atoms with Gasteiger partial charge in [0.2, 0.25) is 11.8 Å². The lowest BCUT2D eigenvalue weighted by atomic mass is 9.92. The van der Waals surface area contributed by atoms with Crippen LogP contribution in [0.5, 0.6) is 0 Å². The van der Waals surface area contributed by atoms with Crippen molar-refractivity contribution < 1.29 is 14.3 Å². The Bertz CT molecular complexity index is 589. The summed E-state index contributed by atoms with van der Waals surface area (Å²) in [5.74, 6) is 0.214. The molecule has 136 valence electrons. The van der Waals surface area contributed by atoms with Crippen molar-refractivity contribution in [3.63, 3.8) is 0 Å². The summed E-state index contributed by atoms with van der Waals surface area (Å²) in [5, 5.41) is 2.87. The van der Waals surface area contributed by atoms with E-state index in [1.54, 1.807) is 0 Å². The quantitative estimate of drug-likeness (QED) is 0.758. The largest absolute Gasteiger partial charge is 0.381 e. The zero-order valence-corrected chi connectivity index (χ0v) is 14.6. The van der Waals surface area contributed by atoms with E-state index in [9.17, 15) is 9.59 Å². The van der Waals surface area contributed by atoms with Gasteiger partial charge in [-0.1, -0.05) is 24.3 Å². The van der Waals surface area contributed by atoms with E-state index < -0.39 is 6.04 Å². The van der Waals surface area contributed by atoms with Crippen molar-refractivity contribution in [2.24, 2.45) is 11.7 Å². The number of nitrogens with two attached hydrogens (primary N) is 1. The number of hydrogen-bond acceptors (Lipinski definition) is 4. The second kappa shape index (κ2) is 8.45. The van der Waals surface area contributed by atoms with Crippen molar-refractivity contribution in [3.05, 3.63) is 35.4 Å². The molecule has 3 N–H and O–H groups in total. The number of carbonyl (C=O) groups excluding carboxylic acids is 2. The minimum absolute atomic E-state index is 0.118. The monoisotopic (exact) mass is 345 g/mol. The van der Waals surface area contributed by atoms with Gasteiger partial charge in [0, 0.05) is 39.3 Å². The molecule has 0 aliphatic carbocycles. The standard InChI is InChI=1S/C19H27N3O3/c20-18(14-7-10-25-11-8-14)19(24)21-9-3-6-17(23)22-12-15-4-1-2-5-16(15)13-22/h1-2,4-5,14,18H,3,6-13,20H2,(H,21,24). The molecule has 6 heteroatoms. The Hall–Kier alpha value is -1.92. The second-order valence-electron chi connectivity index (χ2n) is 6.89. The van der Waals surface area contributed by atoms with Gasteiger partial charge in [0.15, 0.2) is 0 Å². The first-order valence-electron chi connectivity index (χ1n) is 9.11. The van der Waals surface area contributed by atoms with Gasteiger partial charge >= 0.3 is 0 Å². The van der Waals surface area contributed by atoms with E-state index in [1.807, 2.05) is 17.0 Å². The number of amides is 2. The molecule has 0 saturated carbocycles. The fraction of sp³-hybridized carbons (Fsp3) is 0.579. The van der Waals surface area contributed by atoms with E-state index in [0.29, 0.717) is 45.7 Å². The van der Waals surface area contributed by atoms with Crippen LogP contribution in [0.4, 0.5) is 0 Å². The summed E-state index contributed by atoms with van der Waals surface area (Å²) in [6.45, 7) is 3.23. The van der Waals surface area contributed by atoms with Gasteiger partial charge < -0.3 is 20.7 Å². The topological polar surface area (TPSA) is 84.7 Å². The highest BCUT2D eigenvalue weighted by Gasteiger charge is 2.26. The van der Waals surface area contributed by atoms with Crippen LogP contribution >= 0.6 is 0 Å². The van der Waals surface area contributed by atoms with Crippen molar-refractivity contribution in [1.29, 1.82) is 0 Å². The molecule has 6 nitrogen and oxygen atoms in total. The van der Waals surface area contributed by atoms with Crippen LogP contribution in [0.25, 0.3) is 0 Å². The van der Waals surface area contributed by atoms with Gasteiger partial charge in [-0.2, -0.15) is 0 Å². The maximum Gasteiger partial charge on any atom is 0.237 e. The lowest BCUT2D eigenvalue weighted by molar-refractivity contribution is -0.132. The van der Waals surface area contributed by atoms with Crippen LogP contribution in [0.2, 0.25) is 0 Å². The van der Waals surface area contributed by atoms with E-state index in [4.69, 9.17) is 10.5 Å². The van der Waals surface area contributed by atoms with Crippen molar-refractivity contribution in [2.75, 3.05) is 19.8 Å². The minimum Gasteiger partial charge on any atom is -0.381 e. The molecule has 0 radical (unpaired) electrons. The maximum absolute atomic E-state index is 12.3. The molecule has 1 atom stereocenters. The van der Waals surface area contributed by atoms with Crippen molar-refractivity contribution >= 4 is 11.8 Å². The van der Waals surface area contributed by atoms with E-state index in [1.165, 1.54) is 11.1 Å². The number of benzene rings is 1. The molecule has 2 aliphatic rings. The van der Waals surface area contributed by atoms with Gasteiger partial charge in [0.25, 0.3) is 0 Å². The number of hydrogen-bond donors (Lipinski definition) is 2. The lowest BCUT2D eigenvalue weighted by Crippen LogP contribution is -2.47. The molecule has 2 heterocycles. The predicted molar refractivity (Wildman–Crippen MR) is 94.5 cm³/mol. The molecule has 1 unspecified atom stereocenters. The summed E-state index contributed by atoms with van der Waals surface area (Å²) in [6, 6.07) is 7.67. The Morgan fingerprint density at radius 1 is 1.20 bits per heavy atom. The van der Waals surface area contributed by atoms with E-state index >= 15 is 0 Å². The van der Waals surface area contributed by atoms with E-state index in [2.05, 4.69) is 17.4 Å². The van der Waals surface area contributed by atoms with Gasteiger partial charge in [-0.25, -0.2) is 0 Å². The first-order valence-corrected chi connectivity index (χ1v) is 9.11. The number of carbonyl (C=O) groups is 2. The molecular formula is C19H27N3O3. The molecule has 1 aromatic carbocycles. The van der Waals surface area contributed by atoms with Gasteiger partial charge in [0.1, 0.15) is 0 Å². The normalized spacial score (nSPS) is 18.7. The van der Waals surface area contributed by atoms with Gasteiger partial charge in [-0.05, 0) is 36.3 Å². The zero-order chi connectivity index (χ0) is 17.6. The number of rotatable bonds is 6. The fourth-order valence-corrected chi connectivity index (χ4v) is 3.53. The number of ether oxygens (including phenoxy) is 1. The molecule has 25 heavy (non-hydrogen) atoms. The summed E-state index contributed by atoms with van der Waals surface area (Å²) >= 11 is 0. The van der Waals surface area contributed by atoms with Crippen LogP contribution in [0.1, 0.15) is 36.8 Å². The van der Waals surface area contributed by atoms with Crippen molar-refractivity contribution in [3.8, 4) is 0 Å². The Kier molecular flexibility index (Phi) is 6.04. The Morgan fingerprint density at radius 3 is 2.48 bits per heavy atom. The van der Waals surface area contributed by atoms with Crippen LogP contribution in [-0.2, 0) is 27.4 Å². The third-order valence-corrected chi connectivity index (χ3v) is 5.14. The average molecular weight is 345 g/mol. The van der Waals surface area contributed by atoms with Crippen LogP contribution in [0.3, 0.4) is 0 Å². The first-order chi connectivity index (χ1) is 12.1. The van der Waals surface area contributed by atoms with Crippen molar-refractivity contribution in [2.45, 2.75) is 44.8 Å². The number of nitrogens with one attached hydrogen (secondary N) is 1. The summed E-state index contributed by atoms with van der Waals surface area (Å²) < 4.78 is 5.30. The summed E-state index contributed by atoms with van der Waals surface area (Å²) in [4.78, 5) is 26.3. The smallest absolute Gasteiger partial charge is 0.237 e. The van der Waals surface area contributed by atoms with Crippen LogP contribution in [0.15, 0.2) is 24.3 Å². The van der Waals surface area contributed by atoms with Crippen molar-refractivity contribution in [1.82, 2.24) is 10.2 Å². The first kappa shape index (κ1) is 17.9. The van der Waals surface area contributed by atoms with E-state index in [0.717, 1.165) is 12.8 Å². The van der Waals surface area contributed by atoms with Gasteiger partial charge in [0.05, 0.1) is 6.04 Å². The third-order valence-electron chi connectivity index (χ3n) is 5.14. The summed E-state index contributed by atoms with van der Waals surface area (Å²) in [6.07, 6.45) is 2.75. The Balaban J connectivity index is 1.34. The Morgan fingerprint density at radius 2 is 1.84 bits per heavy atom. The summed E-state index contributed by atoms with van der Waals surface area (Å²) in [7, 11) is 0. The molecule has 0 aromatic heterocycles. The Labute approximate surface area is 148 Å². The number of fused-ring (bicyclic) bond motifs is 1. The van der Waals surface area contributed by atoms with E-state index in [-0.39, 0.29) is 17.7 Å². The molecule has 1 fully saturated rings. The van der Waals surface area contributed by atoms with Gasteiger partial charge in [-0.15, -0.1) is 0 Å². The zero-order valence-electron chi connectivity index (χ0n) is 14.6. The van der Waals surface area contributed by atoms with Gasteiger partial charge in [-0.3, -0.25) is 9.59 Å². The molecule has 2 aliphatic heterocycles. The highest BCUT2D eigenvalue weighted by atomic mass is 16.5. The SMILES string of the molecule is NC(C(=O)NCCCC(=O)N1Cc2ccccc2C1)C1CCOCC1. The van der Waals surface area contributed by atoms with Crippen LogP contribution < -0.4 is 11.1 Å². The average Bonchev–Trinajstić information content (AvgIpc) is 3.09. The molecule has 0 spiro atoms. The molecular weight excluding hydrogens is 318 g/mol. The second-order valence-corrected chi connectivity index (χ2v) is 6.89. The highest BCUT2D eigenvalue weighted by molar-refractivity contribution is 5.82. The maximum atomic E-state index is 12.3. The molecule has 1 saturated heterocycles.